The topological polar surface area (TPSA) is 84.0 Å². The lowest BCUT2D eigenvalue weighted by atomic mass is 10.1. The highest BCUT2D eigenvalue weighted by Crippen LogP contribution is 2.27. The molecule has 7 nitrogen and oxygen atoms in total. The van der Waals surface area contributed by atoms with Crippen molar-refractivity contribution in [1.82, 2.24) is 16.0 Å². The van der Waals surface area contributed by atoms with Crippen LogP contribution >= 0.6 is 24.0 Å². The van der Waals surface area contributed by atoms with Gasteiger partial charge in [0.1, 0.15) is 0 Å². The third-order valence-corrected chi connectivity index (χ3v) is 4.33. The van der Waals surface area contributed by atoms with E-state index in [1.54, 1.807) is 27.3 Å². The van der Waals surface area contributed by atoms with Crippen molar-refractivity contribution in [3.05, 3.63) is 59.2 Å². The molecule has 0 heterocycles. The summed E-state index contributed by atoms with van der Waals surface area (Å²) in [5.41, 5.74) is 2.75. The molecular formula is C22H31IN4O3. The van der Waals surface area contributed by atoms with E-state index in [2.05, 4.69) is 20.9 Å². The Labute approximate surface area is 195 Å². The fourth-order valence-electron chi connectivity index (χ4n) is 2.83. The van der Waals surface area contributed by atoms with Gasteiger partial charge < -0.3 is 25.4 Å². The van der Waals surface area contributed by atoms with Crippen LogP contribution in [0.3, 0.4) is 0 Å². The maximum Gasteiger partial charge on any atom is 0.251 e. The third-order valence-electron chi connectivity index (χ3n) is 4.33. The van der Waals surface area contributed by atoms with E-state index >= 15 is 0 Å². The molecule has 0 aliphatic rings. The second-order valence-electron chi connectivity index (χ2n) is 6.34. The summed E-state index contributed by atoms with van der Waals surface area (Å²) >= 11 is 0. The molecule has 2 aromatic rings. The maximum absolute atomic E-state index is 11.8. The lowest BCUT2D eigenvalue weighted by Gasteiger charge is -2.13. The van der Waals surface area contributed by atoms with Crippen LogP contribution < -0.4 is 25.4 Å². The third kappa shape index (κ3) is 7.74. The number of guanidine groups is 1. The van der Waals surface area contributed by atoms with Crippen LogP contribution in [-0.2, 0) is 13.0 Å². The number of benzene rings is 2. The zero-order chi connectivity index (χ0) is 21.1. The molecule has 0 unspecified atom stereocenters. The summed E-state index contributed by atoms with van der Waals surface area (Å²) in [6.07, 6.45) is 0.816. The van der Waals surface area contributed by atoms with Gasteiger partial charge in [-0.3, -0.25) is 4.79 Å². The number of nitrogens with zero attached hydrogens (tertiary/aromatic N) is 1. The average molecular weight is 526 g/mol. The predicted octanol–water partition coefficient (Wildman–Crippen LogP) is 2.98. The number of hydrogen-bond donors (Lipinski definition) is 3. The number of halogens is 1. The van der Waals surface area contributed by atoms with Crippen molar-refractivity contribution in [2.24, 2.45) is 4.99 Å². The molecular weight excluding hydrogens is 495 g/mol. The molecule has 2 rings (SSSR count). The van der Waals surface area contributed by atoms with Crippen LogP contribution in [0.2, 0.25) is 0 Å². The molecule has 8 heteroatoms. The number of carbonyl (C=O) groups is 1. The van der Waals surface area contributed by atoms with Gasteiger partial charge in [-0.25, -0.2) is 4.99 Å². The molecule has 30 heavy (non-hydrogen) atoms. The molecule has 0 saturated heterocycles. The molecule has 1 amide bonds. The zero-order valence-electron chi connectivity index (χ0n) is 18.0. The number of hydrogen-bond acceptors (Lipinski definition) is 4. The molecule has 0 aromatic heterocycles. The fourth-order valence-corrected chi connectivity index (χ4v) is 2.83. The summed E-state index contributed by atoms with van der Waals surface area (Å²) in [5.74, 6) is 2.08. The minimum Gasteiger partial charge on any atom is -0.493 e. The maximum atomic E-state index is 11.8. The summed E-state index contributed by atoms with van der Waals surface area (Å²) in [7, 11) is 4.89. The van der Waals surface area contributed by atoms with Gasteiger partial charge in [-0.15, -0.1) is 24.0 Å². The number of amides is 1. The van der Waals surface area contributed by atoms with Crippen molar-refractivity contribution in [2.45, 2.75) is 19.9 Å². The molecule has 0 spiro atoms. The van der Waals surface area contributed by atoms with Crippen LogP contribution in [0.15, 0.2) is 47.5 Å². The lowest BCUT2D eigenvalue weighted by molar-refractivity contribution is 0.0963. The summed E-state index contributed by atoms with van der Waals surface area (Å²) in [4.78, 5) is 16.4. The molecule has 0 atom stereocenters. The molecule has 0 saturated carbocycles. The van der Waals surface area contributed by atoms with Gasteiger partial charge in [0.25, 0.3) is 5.91 Å². The van der Waals surface area contributed by atoms with Gasteiger partial charge in [0.05, 0.1) is 20.8 Å². The highest BCUT2D eigenvalue weighted by Gasteiger charge is 2.06. The second kappa shape index (κ2) is 13.7. The normalized spacial score (nSPS) is 10.6. The van der Waals surface area contributed by atoms with E-state index in [-0.39, 0.29) is 29.9 Å². The Morgan fingerprint density at radius 1 is 1.00 bits per heavy atom. The minimum absolute atomic E-state index is 0. The van der Waals surface area contributed by atoms with E-state index in [1.807, 2.05) is 43.3 Å². The van der Waals surface area contributed by atoms with E-state index in [1.165, 1.54) is 0 Å². The summed E-state index contributed by atoms with van der Waals surface area (Å²) in [6.45, 7) is 3.99. The van der Waals surface area contributed by atoms with Crippen molar-refractivity contribution in [3.63, 3.8) is 0 Å². The smallest absolute Gasteiger partial charge is 0.251 e. The molecule has 0 radical (unpaired) electrons. The Balaban J connectivity index is 0.00000450. The Morgan fingerprint density at radius 2 is 1.77 bits per heavy atom. The first kappa shape index (κ1) is 25.5. The standard InChI is InChI=1S/C22H30N4O3.HI/c1-5-24-22(26-15-17-7-6-8-18(13-17)21(27)23-2)25-12-11-16-9-10-19(28-3)20(14-16)29-4;/h6-10,13-14H,5,11-12,15H2,1-4H3,(H,23,27)(H2,24,25,26);1H. The van der Waals surface area contributed by atoms with Gasteiger partial charge in [0.2, 0.25) is 0 Å². The van der Waals surface area contributed by atoms with Crippen molar-refractivity contribution in [3.8, 4) is 11.5 Å². The van der Waals surface area contributed by atoms with Crippen LogP contribution in [0.25, 0.3) is 0 Å². The largest absolute Gasteiger partial charge is 0.493 e. The lowest BCUT2D eigenvalue weighted by Crippen LogP contribution is -2.38. The van der Waals surface area contributed by atoms with E-state index in [4.69, 9.17) is 9.47 Å². The number of methoxy groups -OCH3 is 2. The molecule has 0 fully saturated rings. The van der Waals surface area contributed by atoms with Crippen LogP contribution in [-0.4, -0.2) is 46.2 Å². The Bertz CT molecular complexity index is 843. The van der Waals surface area contributed by atoms with Crippen LogP contribution in [0.1, 0.15) is 28.4 Å². The highest BCUT2D eigenvalue weighted by atomic mass is 127. The van der Waals surface area contributed by atoms with Crippen molar-refractivity contribution >= 4 is 35.8 Å². The summed E-state index contributed by atoms with van der Waals surface area (Å²) in [6, 6.07) is 13.4. The molecule has 0 aliphatic carbocycles. The Kier molecular flexibility index (Phi) is 11.7. The summed E-state index contributed by atoms with van der Waals surface area (Å²) < 4.78 is 10.6. The van der Waals surface area contributed by atoms with Gasteiger partial charge >= 0.3 is 0 Å². The Morgan fingerprint density at radius 3 is 2.43 bits per heavy atom. The van der Waals surface area contributed by atoms with Crippen LogP contribution in [0.4, 0.5) is 0 Å². The second-order valence-corrected chi connectivity index (χ2v) is 6.34. The van der Waals surface area contributed by atoms with Crippen molar-refractivity contribution in [2.75, 3.05) is 34.4 Å². The van der Waals surface area contributed by atoms with Gasteiger partial charge in [-0.1, -0.05) is 18.2 Å². The zero-order valence-corrected chi connectivity index (χ0v) is 20.3. The van der Waals surface area contributed by atoms with Crippen molar-refractivity contribution < 1.29 is 14.3 Å². The van der Waals surface area contributed by atoms with Crippen LogP contribution in [0.5, 0.6) is 11.5 Å². The minimum atomic E-state index is -0.101. The first-order chi connectivity index (χ1) is 14.1. The number of ether oxygens (including phenoxy) is 2. The molecule has 164 valence electrons. The number of rotatable bonds is 9. The highest BCUT2D eigenvalue weighted by molar-refractivity contribution is 14.0. The van der Waals surface area contributed by atoms with E-state index < -0.39 is 0 Å². The average Bonchev–Trinajstić information content (AvgIpc) is 2.76. The number of aliphatic imine (C=N–C) groups is 1. The molecule has 2 aromatic carbocycles. The van der Waals surface area contributed by atoms with Gasteiger partial charge in [0, 0.05) is 25.7 Å². The number of nitrogens with one attached hydrogen (secondary N) is 3. The van der Waals surface area contributed by atoms with Crippen molar-refractivity contribution in [1.29, 1.82) is 0 Å². The van der Waals surface area contributed by atoms with E-state index in [9.17, 15) is 4.79 Å². The monoisotopic (exact) mass is 526 g/mol. The summed E-state index contributed by atoms with van der Waals surface area (Å²) in [5, 5.41) is 9.22. The van der Waals surface area contributed by atoms with E-state index in [0.717, 1.165) is 48.1 Å². The molecule has 0 bridgehead atoms. The molecule has 0 aliphatic heterocycles. The Hall–Kier alpha value is -2.49. The fraction of sp³-hybridized carbons (Fsp3) is 0.364. The molecule has 3 N–H and O–H groups in total. The van der Waals surface area contributed by atoms with Gasteiger partial charge in [-0.05, 0) is 48.7 Å². The predicted molar refractivity (Wildman–Crippen MR) is 131 cm³/mol. The SMILES string of the molecule is CCNC(=NCc1cccc(C(=O)NC)c1)NCCc1ccc(OC)c(OC)c1.I. The van der Waals surface area contributed by atoms with E-state index in [0.29, 0.717) is 12.1 Å². The van der Waals surface area contributed by atoms with Gasteiger partial charge in [-0.2, -0.15) is 0 Å². The van der Waals surface area contributed by atoms with Crippen LogP contribution in [0, 0.1) is 0 Å². The quantitative estimate of drug-likeness (QED) is 0.266. The first-order valence-electron chi connectivity index (χ1n) is 9.65. The first-order valence-corrected chi connectivity index (χ1v) is 9.65. The van der Waals surface area contributed by atoms with Gasteiger partial charge in [0.15, 0.2) is 17.5 Å². The number of carbonyl (C=O) groups excluding carboxylic acids is 1.